The zero-order chi connectivity index (χ0) is 14.3. The first-order chi connectivity index (χ1) is 9.18. The summed E-state index contributed by atoms with van der Waals surface area (Å²) >= 11 is 0. The Morgan fingerprint density at radius 3 is 2.05 bits per heavy atom. The summed E-state index contributed by atoms with van der Waals surface area (Å²) in [5.74, 6) is 2.32. The van der Waals surface area contributed by atoms with Crippen molar-refractivity contribution in [3.63, 3.8) is 0 Å². The second-order valence-corrected chi connectivity index (χ2v) is 5.93. The molecule has 112 valence electrons. The molecule has 19 heavy (non-hydrogen) atoms. The largest absolute Gasteiger partial charge is 0.342 e. The molecule has 0 spiro atoms. The molecule has 2 aliphatic heterocycles. The van der Waals surface area contributed by atoms with Crippen molar-refractivity contribution >= 4 is 5.91 Å². The summed E-state index contributed by atoms with van der Waals surface area (Å²) in [5.41, 5.74) is 0. The number of hydrogen-bond donors (Lipinski definition) is 1. The van der Waals surface area contributed by atoms with Crippen LogP contribution in [0.2, 0.25) is 0 Å². The van der Waals surface area contributed by atoms with E-state index in [1.165, 1.54) is 12.8 Å². The number of carbonyl (C=O) groups is 1. The van der Waals surface area contributed by atoms with Crippen LogP contribution in [-0.2, 0) is 4.79 Å². The van der Waals surface area contributed by atoms with Crippen molar-refractivity contribution < 1.29 is 4.79 Å². The van der Waals surface area contributed by atoms with E-state index in [4.69, 9.17) is 0 Å². The molecule has 2 heterocycles. The van der Waals surface area contributed by atoms with E-state index in [1.54, 1.807) is 0 Å². The standard InChI is InChI=1S/C14H26N2O.C2H6/c1-11(2)12-5-9-16(10-6-12)14(17)13-3-7-15-8-4-13;1-2/h11-13,15H,3-10H2,1-2H3;1-2H3. The molecule has 2 saturated heterocycles. The van der Waals surface area contributed by atoms with Crippen LogP contribution >= 0.6 is 0 Å². The van der Waals surface area contributed by atoms with Gasteiger partial charge in [-0.3, -0.25) is 4.79 Å². The number of nitrogens with zero attached hydrogens (tertiary/aromatic N) is 1. The molecule has 0 aliphatic carbocycles. The van der Waals surface area contributed by atoms with Crippen LogP contribution in [-0.4, -0.2) is 37.0 Å². The Labute approximate surface area is 119 Å². The molecule has 3 nitrogen and oxygen atoms in total. The van der Waals surface area contributed by atoms with Crippen LogP contribution in [0.15, 0.2) is 0 Å². The van der Waals surface area contributed by atoms with Crippen LogP contribution in [0.5, 0.6) is 0 Å². The van der Waals surface area contributed by atoms with E-state index in [0.29, 0.717) is 11.8 Å². The first kappa shape index (κ1) is 16.5. The summed E-state index contributed by atoms with van der Waals surface area (Å²) in [6.45, 7) is 12.6. The maximum Gasteiger partial charge on any atom is 0.225 e. The summed E-state index contributed by atoms with van der Waals surface area (Å²) in [5, 5.41) is 3.32. The minimum Gasteiger partial charge on any atom is -0.342 e. The monoisotopic (exact) mass is 268 g/mol. The van der Waals surface area contributed by atoms with Gasteiger partial charge in [0.15, 0.2) is 0 Å². The molecular weight excluding hydrogens is 236 g/mol. The average Bonchev–Trinajstić information content (AvgIpc) is 2.49. The van der Waals surface area contributed by atoms with Crippen LogP contribution in [0, 0.1) is 17.8 Å². The van der Waals surface area contributed by atoms with Gasteiger partial charge in [-0.25, -0.2) is 0 Å². The minimum absolute atomic E-state index is 0.298. The van der Waals surface area contributed by atoms with Crippen molar-refractivity contribution in [1.29, 1.82) is 0 Å². The van der Waals surface area contributed by atoms with Gasteiger partial charge < -0.3 is 10.2 Å². The Kier molecular flexibility index (Phi) is 7.44. The van der Waals surface area contributed by atoms with Crippen molar-refractivity contribution in [2.75, 3.05) is 26.2 Å². The van der Waals surface area contributed by atoms with E-state index < -0.39 is 0 Å². The molecule has 0 atom stereocenters. The van der Waals surface area contributed by atoms with Gasteiger partial charge in [-0.15, -0.1) is 0 Å². The fourth-order valence-corrected chi connectivity index (χ4v) is 3.11. The first-order valence-corrected chi connectivity index (χ1v) is 8.18. The predicted molar refractivity (Wildman–Crippen MR) is 81.1 cm³/mol. The molecule has 0 saturated carbocycles. The Hall–Kier alpha value is -0.570. The number of likely N-dealkylation sites (tertiary alicyclic amines) is 1. The lowest BCUT2D eigenvalue weighted by atomic mass is 9.86. The number of carbonyl (C=O) groups excluding carboxylic acids is 1. The van der Waals surface area contributed by atoms with Gasteiger partial charge in [0.2, 0.25) is 5.91 Å². The molecule has 0 aromatic carbocycles. The van der Waals surface area contributed by atoms with Gasteiger partial charge in [-0.2, -0.15) is 0 Å². The molecule has 1 amide bonds. The van der Waals surface area contributed by atoms with Crippen molar-refractivity contribution in [3.05, 3.63) is 0 Å². The minimum atomic E-state index is 0.298. The number of amides is 1. The quantitative estimate of drug-likeness (QED) is 0.835. The molecule has 2 fully saturated rings. The van der Waals surface area contributed by atoms with Crippen molar-refractivity contribution in [3.8, 4) is 0 Å². The Morgan fingerprint density at radius 2 is 1.58 bits per heavy atom. The molecule has 0 radical (unpaired) electrons. The van der Waals surface area contributed by atoms with Gasteiger partial charge in [0, 0.05) is 19.0 Å². The summed E-state index contributed by atoms with van der Waals surface area (Å²) in [6.07, 6.45) is 4.47. The lowest BCUT2D eigenvalue weighted by Gasteiger charge is -2.36. The summed E-state index contributed by atoms with van der Waals surface area (Å²) in [7, 11) is 0. The van der Waals surface area contributed by atoms with Gasteiger partial charge in [-0.1, -0.05) is 27.7 Å². The number of piperidine rings is 2. The normalized spacial score (nSPS) is 22.1. The molecule has 0 aromatic rings. The number of rotatable bonds is 2. The molecule has 1 N–H and O–H groups in total. The highest BCUT2D eigenvalue weighted by molar-refractivity contribution is 5.79. The van der Waals surface area contributed by atoms with E-state index in [-0.39, 0.29) is 0 Å². The molecule has 2 rings (SSSR count). The van der Waals surface area contributed by atoms with Crippen molar-refractivity contribution in [1.82, 2.24) is 10.2 Å². The second kappa shape index (κ2) is 8.57. The smallest absolute Gasteiger partial charge is 0.225 e. The highest BCUT2D eigenvalue weighted by Crippen LogP contribution is 2.26. The third-order valence-electron chi connectivity index (χ3n) is 4.48. The van der Waals surface area contributed by atoms with Crippen molar-refractivity contribution in [2.45, 2.75) is 53.4 Å². The molecular formula is C16H32N2O. The second-order valence-electron chi connectivity index (χ2n) is 5.93. The molecule has 3 heteroatoms. The molecule has 2 aliphatic rings. The summed E-state index contributed by atoms with van der Waals surface area (Å²) in [6, 6.07) is 0. The van der Waals surface area contributed by atoms with E-state index in [2.05, 4.69) is 24.1 Å². The van der Waals surface area contributed by atoms with Gasteiger partial charge in [0.25, 0.3) is 0 Å². The average molecular weight is 268 g/mol. The zero-order valence-electron chi connectivity index (χ0n) is 13.2. The summed E-state index contributed by atoms with van der Waals surface area (Å²) < 4.78 is 0. The fourth-order valence-electron chi connectivity index (χ4n) is 3.11. The predicted octanol–water partition coefficient (Wildman–Crippen LogP) is 2.91. The van der Waals surface area contributed by atoms with Gasteiger partial charge in [0.05, 0.1) is 0 Å². The zero-order valence-corrected chi connectivity index (χ0v) is 13.2. The maximum absolute atomic E-state index is 12.3. The first-order valence-electron chi connectivity index (χ1n) is 8.18. The van der Waals surface area contributed by atoms with Gasteiger partial charge in [0.1, 0.15) is 0 Å². The van der Waals surface area contributed by atoms with Gasteiger partial charge >= 0.3 is 0 Å². The van der Waals surface area contributed by atoms with Crippen LogP contribution < -0.4 is 5.32 Å². The van der Waals surface area contributed by atoms with E-state index in [0.717, 1.165) is 50.9 Å². The Morgan fingerprint density at radius 1 is 1.05 bits per heavy atom. The molecule has 0 bridgehead atoms. The van der Waals surface area contributed by atoms with Crippen LogP contribution in [0.1, 0.15) is 53.4 Å². The fraction of sp³-hybridized carbons (Fsp3) is 0.938. The van der Waals surface area contributed by atoms with E-state index >= 15 is 0 Å². The third kappa shape index (κ3) is 4.79. The lowest BCUT2D eigenvalue weighted by molar-refractivity contribution is -0.138. The topological polar surface area (TPSA) is 32.3 Å². The highest BCUT2D eigenvalue weighted by Gasteiger charge is 2.29. The Balaban J connectivity index is 0.000000861. The molecule has 0 unspecified atom stereocenters. The maximum atomic E-state index is 12.3. The highest BCUT2D eigenvalue weighted by atomic mass is 16.2. The Bertz CT molecular complexity index is 251. The lowest BCUT2D eigenvalue weighted by Crippen LogP contribution is -2.45. The van der Waals surface area contributed by atoms with Crippen LogP contribution in [0.4, 0.5) is 0 Å². The third-order valence-corrected chi connectivity index (χ3v) is 4.48. The summed E-state index contributed by atoms with van der Waals surface area (Å²) in [4.78, 5) is 14.4. The van der Waals surface area contributed by atoms with E-state index in [1.807, 2.05) is 13.8 Å². The van der Waals surface area contributed by atoms with Crippen molar-refractivity contribution in [2.24, 2.45) is 17.8 Å². The van der Waals surface area contributed by atoms with Gasteiger partial charge in [-0.05, 0) is 50.6 Å². The number of hydrogen-bond acceptors (Lipinski definition) is 2. The molecule has 0 aromatic heterocycles. The number of nitrogens with one attached hydrogen (secondary N) is 1. The van der Waals surface area contributed by atoms with Crippen LogP contribution in [0.3, 0.4) is 0 Å². The SMILES string of the molecule is CC.CC(C)C1CCN(C(=O)C2CCNCC2)CC1. The van der Waals surface area contributed by atoms with Crippen LogP contribution in [0.25, 0.3) is 0 Å². The van der Waals surface area contributed by atoms with E-state index in [9.17, 15) is 4.79 Å².